The van der Waals surface area contributed by atoms with Crippen LogP contribution in [0.4, 0.5) is 10.5 Å². The predicted octanol–water partition coefficient (Wildman–Crippen LogP) is 3.10. The van der Waals surface area contributed by atoms with Gasteiger partial charge in [0.1, 0.15) is 5.54 Å². The van der Waals surface area contributed by atoms with Gasteiger partial charge in [0, 0.05) is 37.3 Å². The summed E-state index contributed by atoms with van der Waals surface area (Å²) in [6.07, 6.45) is 1.93. The van der Waals surface area contributed by atoms with E-state index in [0.717, 1.165) is 17.7 Å². The second kappa shape index (κ2) is 8.28. The van der Waals surface area contributed by atoms with Crippen molar-refractivity contribution in [3.05, 3.63) is 65.2 Å². The van der Waals surface area contributed by atoms with Gasteiger partial charge in [-0.2, -0.15) is 0 Å². The molecule has 4 amide bonds. The van der Waals surface area contributed by atoms with Gasteiger partial charge in [0.15, 0.2) is 0 Å². The Morgan fingerprint density at radius 2 is 1.67 bits per heavy atom. The van der Waals surface area contributed by atoms with Gasteiger partial charge in [0.25, 0.3) is 11.8 Å². The van der Waals surface area contributed by atoms with Crippen molar-refractivity contribution >= 4 is 23.5 Å². The van der Waals surface area contributed by atoms with Crippen molar-refractivity contribution < 1.29 is 19.1 Å². The first-order valence-electron chi connectivity index (χ1n) is 10.2. The van der Waals surface area contributed by atoms with E-state index in [9.17, 15) is 14.4 Å². The number of nitrogens with zero attached hydrogens (tertiary/aromatic N) is 1. The van der Waals surface area contributed by atoms with E-state index in [4.69, 9.17) is 4.74 Å². The van der Waals surface area contributed by atoms with Crippen molar-refractivity contribution in [1.82, 2.24) is 10.2 Å². The zero-order chi connectivity index (χ0) is 21.1. The van der Waals surface area contributed by atoms with Crippen LogP contribution in [-0.2, 0) is 22.5 Å². The number of urea groups is 1. The van der Waals surface area contributed by atoms with Gasteiger partial charge in [0.05, 0.1) is 6.54 Å². The van der Waals surface area contributed by atoms with Gasteiger partial charge < -0.3 is 15.4 Å². The Labute approximate surface area is 175 Å². The molecule has 2 saturated heterocycles. The molecule has 30 heavy (non-hydrogen) atoms. The van der Waals surface area contributed by atoms with Gasteiger partial charge in [-0.15, -0.1) is 0 Å². The molecule has 2 aromatic carbocycles. The average molecular weight is 407 g/mol. The third-order valence-electron chi connectivity index (χ3n) is 5.77. The van der Waals surface area contributed by atoms with Gasteiger partial charge >= 0.3 is 6.03 Å². The Morgan fingerprint density at radius 1 is 1.03 bits per heavy atom. The molecule has 2 fully saturated rings. The number of aryl methyl sites for hydroxylation is 1. The van der Waals surface area contributed by atoms with Crippen LogP contribution in [0.25, 0.3) is 0 Å². The molecule has 156 valence electrons. The lowest BCUT2D eigenvalue weighted by Gasteiger charge is -2.30. The quantitative estimate of drug-likeness (QED) is 0.746. The number of ether oxygens (including phenoxy) is 1. The predicted molar refractivity (Wildman–Crippen MR) is 112 cm³/mol. The molecule has 7 heteroatoms. The van der Waals surface area contributed by atoms with Crippen molar-refractivity contribution in [3.63, 3.8) is 0 Å². The summed E-state index contributed by atoms with van der Waals surface area (Å²) >= 11 is 0. The minimum atomic E-state index is -0.831. The van der Waals surface area contributed by atoms with E-state index in [1.807, 2.05) is 24.3 Å². The largest absolute Gasteiger partial charge is 0.381 e. The summed E-state index contributed by atoms with van der Waals surface area (Å²) in [7, 11) is 0. The normalized spacial score (nSPS) is 17.8. The van der Waals surface area contributed by atoms with E-state index >= 15 is 0 Å². The van der Waals surface area contributed by atoms with Gasteiger partial charge in [0.2, 0.25) is 0 Å². The van der Waals surface area contributed by atoms with Crippen LogP contribution in [-0.4, -0.2) is 41.5 Å². The van der Waals surface area contributed by atoms with Crippen molar-refractivity contribution in [3.8, 4) is 0 Å². The number of nitrogens with one attached hydrogen (secondary N) is 2. The fourth-order valence-electron chi connectivity index (χ4n) is 3.85. The minimum Gasteiger partial charge on any atom is -0.381 e. The molecule has 0 radical (unpaired) electrons. The van der Waals surface area contributed by atoms with Crippen molar-refractivity contribution in [2.45, 2.75) is 38.3 Å². The molecule has 2 aromatic rings. The lowest BCUT2D eigenvalue weighted by molar-refractivity contribution is -0.134. The standard InChI is InChI=1S/C23H25N3O4/c1-2-16-5-9-19(10-6-16)24-20(27)18-7-3-17(4-8-18)15-26-21(28)23(25-22(26)29)11-13-30-14-12-23/h3-10H,2,11-15H2,1H3,(H,24,27)(H,25,29). The SMILES string of the molecule is CCc1ccc(NC(=O)c2ccc(CN3C(=O)NC4(CCOCC4)C3=O)cc2)cc1. The number of rotatable bonds is 5. The highest BCUT2D eigenvalue weighted by Crippen LogP contribution is 2.29. The Kier molecular flexibility index (Phi) is 5.55. The maximum Gasteiger partial charge on any atom is 0.325 e. The molecule has 7 nitrogen and oxygen atoms in total. The topological polar surface area (TPSA) is 87.7 Å². The van der Waals surface area contributed by atoms with Crippen LogP contribution in [0.5, 0.6) is 0 Å². The molecule has 1 spiro atoms. The Morgan fingerprint density at radius 3 is 2.30 bits per heavy atom. The van der Waals surface area contributed by atoms with Gasteiger partial charge in [-0.3, -0.25) is 14.5 Å². The van der Waals surface area contributed by atoms with Gasteiger partial charge in [-0.25, -0.2) is 4.79 Å². The zero-order valence-electron chi connectivity index (χ0n) is 16.9. The van der Waals surface area contributed by atoms with Crippen LogP contribution in [0.15, 0.2) is 48.5 Å². The van der Waals surface area contributed by atoms with E-state index in [2.05, 4.69) is 17.6 Å². The van der Waals surface area contributed by atoms with Crippen LogP contribution >= 0.6 is 0 Å². The van der Waals surface area contributed by atoms with Crippen LogP contribution in [0.2, 0.25) is 0 Å². The molecular formula is C23H25N3O4. The lowest BCUT2D eigenvalue weighted by Crippen LogP contribution is -2.51. The van der Waals surface area contributed by atoms with E-state index in [-0.39, 0.29) is 24.4 Å². The summed E-state index contributed by atoms with van der Waals surface area (Å²) in [6, 6.07) is 14.3. The number of anilines is 1. The molecule has 0 bridgehead atoms. The van der Waals surface area contributed by atoms with Crippen molar-refractivity contribution in [2.24, 2.45) is 0 Å². The molecule has 2 heterocycles. The monoisotopic (exact) mass is 407 g/mol. The molecule has 0 unspecified atom stereocenters. The third kappa shape index (κ3) is 3.93. The van der Waals surface area contributed by atoms with Crippen LogP contribution in [0, 0.1) is 0 Å². The first kappa shape index (κ1) is 20.1. The van der Waals surface area contributed by atoms with E-state index in [0.29, 0.717) is 31.6 Å². The van der Waals surface area contributed by atoms with Gasteiger partial charge in [-0.1, -0.05) is 31.2 Å². The molecule has 2 aliphatic heterocycles. The number of hydrogen-bond donors (Lipinski definition) is 2. The van der Waals surface area contributed by atoms with E-state index in [1.54, 1.807) is 24.3 Å². The number of imide groups is 1. The Balaban J connectivity index is 1.40. The third-order valence-corrected chi connectivity index (χ3v) is 5.77. The minimum absolute atomic E-state index is 0.174. The summed E-state index contributed by atoms with van der Waals surface area (Å²) in [6.45, 7) is 3.18. The maximum absolute atomic E-state index is 12.8. The molecule has 0 aromatic heterocycles. The highest BCUT2D eigenvalue weighted by Gasteiger charge is 2.51. The van der Waals surface area contributed by atoms with Crippen molar-refractivity contribution in [1.29, 1.82) is 0 Å². The summed E-state index contributed by atoms with van der Waals surface area (Å²) in [5, 5.41) is 5.72. The van der Waals surface area contributed by atoms with Crippen LogP contribution in [0.3, 0.4) is 0 Å². The fraction of sp³-hybridized carbons (Fsp3) is 0.348. The maximum atomic E-state index is 12.8. The van der Waals surface area contributed by atoms with E-state index in [1.165, 1.54) is 10.5 Å². The van der Waals surface area contributed by atoms with E-state index < -0.39 is 5.54 Å². The second-order valence-corrected chi connectivity index (χ2v) is 7.72. The number of amides is 4. The summed E-state index contributed by atoms with van der Waals surface area (Å²) in [5.74, 6) is -0.407. The lowest BCUT2D eigenvalue weighted by atomic mass is 9.90. The Bertz CT molecular complexity index is 947. The highest BCUT2D eigenvalue weighted by molar-refractivity contribution is 6.07. The zero-order valence-corrected chi connectivity index (χ0v) is 16.9. The highest BCUT2D eigenvalue weighted by atomic mass is 16.5. The second-order valence-electron chi connectivity index (χ2n) is 7.72. The number of carbonyl (C=O) groups excluding carboxylic acids is 3. The summed E-state index contributed by atoms with van der Waals surface area (Å²) in [5.41, 5.74) is 2.41. The fourth-order valence-corrected chi connectivity index (χ4v) is 3.85. The molecular weight excluding hydrogens is 382 g/mol. The smallest absolute Gasteiger partial charge is 0.325 e. The van der Waals surface area contributed by atoms with Crippen LogP contribution in [0.1, 0.15) is 41.3 Å². The van der Waals surface area contributed by atoms with Gasteiger partial charge in [-0.05, 0) is 41.8 Å². The molecule has 4 rings (SSSR count). The molecule has 2 N–H and O–H groups in total. The van der Waals surface area contributed by atoms with Crippen LogP contribution < -0.4 is 10.6 Å². The molecule has 0 atom stereocenters. The van der Waals surface area contributed by atoms with Crippen molar-refractivity contribution in [2.75, 3.05) is 18.5 Å². The average Bonchev–Trinajstić information content (AvgIpc) is 2.99. The summed E-state index contributed by atoms with van der Waals surface area (Å²) < 4.78 is 5.32. The molecule has 0 aliphatic carbocycles. The number of carbonyl (C=O) groups is 3. The number of benzene rings is 2. The molecule has 2 aliphatic rings. The first-order valence-corrected chi connectivity index (χ1v) is 10.2. The number of hydrogen-bond acceptors (Lipinski definition) is 4. The molecule has 0 saturated carbocycles. The Hall–Kier alpha value is -3.19. The first-order chi connectivity index (χ1) is 14.5. The summed E-state index contributed by atoms with van der Waals surface area (Å²) in [4.78, 5) is 38.9.